The number of urea groups is 1. The van der Waals surface area contributed by atoms with Crippen LogP contribution in [0, 0.1) is 0 Å². The van der Waals surface area contributed by atoms with E-state index < -0.39 is 24.1 Å². The molecule has 1 saturated heterocycles. The average Bonchev–Trinajstić information content (AvgIpc) is 2.86. The molecule has 3 amide bonds. The number of carbonyl (C=O) groups is 2. The fraction of sp³-hybridized carbons (Fsp3) is 0.263. The molecule has 3 rings (SSSR count). The number of halogens is 2. The van der Waals surface area contributed by atoms with Gasteiger partial charge in [-0.15, -0.1) is 0 Å². The van der Waals surface area contributed by atoms with Crippen molar-refractivity contribution >= 4 is 11.9 Å². The van der Waals surface area contributed by atoms with Crippen LogP contribution in [-0.4, -0.2) is 30.6 Å². The van der Waals surface area contributed by atoms with Crippen molar-refractivity contribution in [1.29, 1.82) is 0 Å². The van der Waals surface area contributed by atoms with Gasteiger partial charge in [0.2, 0.25) is 0 Å². The fourth-order valence-corrected chi connectivity index (χ4v) is 2.92. The summed E-state index contributed by atoms with van der Waals surface area (Å²) >= 11 is 0. The van der Waals surface area contributed by atoms with Crippen LogP contribution >= 0.6 is 0 Å². The number of imide groups is 1. The SMILES string of the molecule is COc1ccc(CN2C(=O)N[C@](C)(c3ccc(OC(F)F)cc3)C2=O)cc1. The molecule has 1 aliphatic rings. The molecule has 142 valence electrons. The molecule has 0 unspecified atom stereocenters. The fourth-order valence-electron chi connectivity index (χ4n) is 2.92. The Hall–Kier alpha value is -3.16. The molecule has 1 aliphatic heterocycles. The van der Waals surface area contributed by atoms with Gasteiger partial charge in [0.15, 0.2) is 0 Å². The predicted molar refractivity (Wildman–Crippen MR) is 92.5 cm³/mol. The zero-order valence-corrected chi connectivity index (χ0v) is 14.7. The highest BCUT2D eigenvalue weighted by Crippen LogP contribution is 2.31. The van der Waals surface area contributed by atoms with E-state index >= 15 is 0 Å². The minimum absolute atomic E-state index is 0.0239. The Labute approximate surface area is 154 Å². The number of carbonyl (C=O) groups excluding carboxylic acids is 2. The number of alkyl halides is 2. The van der Waals surface area contributed by atoms with E-state index in [9.17, 15) is 18.4 Å². The van der Waals surface area contributed by atoms with Gasteiger partial charge in [-0.25, -0.2) is 4.79 Å². The number of methoxy groups -OCH3 is 1. The quantitative estimate of drug-likeness (QED) is 0.786. The van der Waals surface area contributed by atoms with E-state index in [-0.39, 0.29) is 12.3 Å². The van der Waals surface area contributed by atoms with Crippen LogP contribution in [0.5, 0.6) is 11.5 Å². The highest BCUT2D eigenvalue weighted by molar-refractivity contribution is 6.07. The lowest BCUT2D eigenvalue weighted by atomic mass is 9.92. The van der Waals surface area contributed by atoms with Crippen molar-refractivity contribution in [2.24, 2.45) is 0 Å². The van der Waals surface area contributed by atoms with Gasteiger partial charge in [0, 0.05) is 0 Å². The number of nitrogens with one attached hydrogen (secondary N) is 1. The summed E-state index contributed by atoms with van der Waals surface area (Å²) in [7, 11) is 1.55. The Bertz CT molecular complexity index is 840. The lowest BCUT2D eigenvalue weighted by molar-refractivity contribution is -0.131. The number of ether oxygens (including phenoxy) is 2. The standard InChI is InChI=1S/C19H18F2N2O4/c1-19(13-5-9-15(10-6-13)27-17(20)21)16(24)23(18(25)22-19)11-12-3-7-14(26-2)8-4-12/h3-10,17H,11H2,1-2H3,(H,22,25)/t19-/m1/s1. The first kappa shape index (κ1) is 18.6. The molecule has 27 heavy (non-hydrogen) atoms. The van der Waals surface area contributed by atoms with Gasteiger partial charge in [0.1, 0.15) is 17.0 Å². The largest absolute Gasteiger partial charge is 0.497 e. The molecule has 1 heterocycles. The maximum atomic E-state index is 12.9. The monoisotopic (exact) mass is 376 g/mol. The van der Waals surface area contributed by atoms with Gasteiger partial charge in [-0.05, 0) is 42.3 Å². The molecular formula is C19H18F2N2O4. The second-order valence-electron chi connectivity index (χ2n) is 6.20. The zero-order valence-electron chi connectivity index (χ0n) is 14.7. The second-order valence-corrected chi connectivity index (χ2v) is 6.20. The van der Waals surface area contributed by atoms with Crippen LogP contribution in [-0.2, 0) is 16.9 Å². The summed E-state index contributed by atoms with van der Waals surface area (Å²) in [5.74, 6) is 0.224. The molecule has 0 bridgehead atoms. The smallest absolute Gasteiger partial charge is 0.387 e. The molecule has 0 spiro atoms. The summed E-state index contributed by atoms with van der Waals surface area (Å²) in [6.45, 7) is -1.25. The lowest BCUT2D eigenvalue weighted by Gasteiger charge is -2.22. The van der Waals surface area contributed by atoms with Gasteiger partial charge in [-0.2, -0.15) is 8.78 Å². The minimum Gasteiger partial charge on any atom is -0.497 e. The van der Waals surface area contributed by atoms with E-state index in [1.54, 1.807) is 38.3 Å². The molecule has 2 aromatic rings. The zero-order chi connectivity index (χ0) is 19.6. The van der Waals surface area contributed by atoms with Crippen LogP contribution in [0.1, 0.15) is 18.1 Å². The Morgan fingerprint density at radius 2 is 1.63 bits per heavy atom. The van der Waals surface area contributed by atoms with Gasteiger partial charge in [0.25, 0.3) is 5.91 Å². The van der Waals surface area contributed by atoms with Gasteiger partial charge >= 0.3 is 12.6 Å². The van der Waals surface area contributed by atoms with Crippen molar-refractivity contribution in [3.05, 3.63) is 59.7 Å². The van der Waals surface area contributed by atoms with Crippen LogP contribution in [0.4, 0.5) is 13.6 Å². The first-order valence-corrected chi connectivity index (χ1v) is 8.16. The molecule has 6 nitrogen and oxygen atoms in total. The normalized spacial score (nSPS) is 19.4. The van der Waals surface area contributed by atoms with E-state index in [1.807, 2.05) is 0 Å². The van der Waals surface area contributed by atoms with Crippen LogP contribution < -0.4 is 14.8 Å². The van der Waals surface area contributed by atoms with Crippen LogP contribution in [0.15, 0.2) is 48.5 Å². The van der Waals surface area contributed by atoms with Crippen molar-refractivity contribution < 1.29 is 27.8 Å². The number of amides is 3. The highest BCUT2D eigenvalue weighted by atomic mass is 19.3. The van der Waals surface area contributed by atoms with Crippen LogP contribution in [0.3, 0.4) is 0 Å². The summed E-state index contributed by atoms with van der Waals surface area (Å²) in [4.78, 5) is 26.4. The van der Waals surface area contributed by atoms with E-state index in [0.717, 1.165) is 10.5 Å². The third kappa shape index (κ3) is 3.69. The Kier molecular flexibility index (Phi) is 4.98. The molecule has 1 N–H and O–H groups in total. The Morgan fingerprint density at radius 1 is 1.04 bits per heavy atom. The van der Waals surface area contributed by atoms with E-state index in [2.05, 4.69) is 10.1 Å². The maximum Gasteiger partial charge on any atom is 0.387 e. The third-order valence-electron chi connectivity index (χ3n) is 4.43. The van der Waals surface area contributed by atoms with E-state index in [0.29, 0.717) is 11.3 Å². The first-order valence-electron chi connectivity index (χ1n) is 8.16. The number of hydrogen-bond donors (Lipinski definition) is 1. The molecular weight excluding hydrogens is 358 g/mol. The third-order valence-corrected chi connectivity index (χ3v) is 4.43. The van der Waals surface area contributed by atoms with Gasteiger partial charge in [-0.1, -0.05) is 24.3 Å². The summed E-state index contributed by atoms with van der Waals surface area (Å²) < 4.78 is 33.9. The maximum absolute atomic E-state index is 12.9. The summed E-state index contributed by atoms with van der Waals surface area (Å²) in [6, 6.07) is 12.1. The minimum atomic E-state index is -2.93. The summed E-state index contributed by atoms with van der Waals surface area (Å²) in [6.07, 6.45) is 0. The van der Waals surface area contributed by atoms with Gasteiger partial charge in [-0.3, -0.25) is 9.69 Å². The number of rotatable bonds is 6. The summed E-state index contributed by atoms with van der Waals surface area (Å²) in [5, 5.41) is 2.67. The topological polar surface area (TPSA) is 67.9 Å². The van der Waals surface area contributed by atoms with Crippen molar-refractivity contribution in [1.82, 2.24) is 10.2 Å². The van der Waals surface area contributed by atoms with Crippen LogP contribution in [0.25, 0.3) is 0 Å². The van der Waals surface area contributed by atoms with Crippen molar-refractivity contribution in [2.75, 3.05) is 7.11 Å². The van der Waals surface area contributed by atoms with Crippen LogP contribution in [0.2, 0.25) is 0 Å². The molecule has 0 saturated carbocycles. The average molecular weight is 376 g/mol. The van der Waals surface area contributed by atoms with Crippen molar-refractivity contribution in [3.8, 4) is 11.5 Å². The number of benzene rings is 2. The summed E-state index contributed by atoms with van der Waals surface area (Å²) in [5.41, 5.74) is -0.0451. The highest BCUT2D eigenvalue weighted by Gasteiger charge is 2.48. The molecule has 1 atom stereocenters. The molecule has 2 aromatic carbocycles. The molecule has 1 fully saturated rings. The molecule has 0 aromatic heterocycles. The predicted octanol–water partition coefficient (Wildman–Crippen LogP) is 3.26. The Morgan fingerprint density at radius 3 is 2.19 bits per heavy atom. The number of nitrogens with zero attached hydrogens (tertiary/aromatic N) is 1. The molecule has 0 radical (unpaired) electrons. The van der Waals surface area contributed by atoms with Gasteiger partial charge < -0.3 is 14.8 Å². The number of hydrogen-bond acceptors (Lipinski definition) is 4. The van der Waals surface area contributed by atoms with Crippen molar-refractivity contribution in [3.63, 3.8) is 0 Å². The lowest BCUT2D eigenvalue weighted by Crippen LogP contribution is -2.40. The van der Waals surface area contributed by atoms with Gasteiger partial charge in [0.05, 0.1) is 13.7 Å². The molecule has 0 aliphatic carbocycles. The first-order chi connectivity index (χ1) is 12.8. The van der Waals surface area contributed by atoms with Crippen molar-refractivity contribution in [2.45, 2.75) is 25.6 Å². The Balaban J connectivity index is 1.79. The van der Waals surface area contributed by atoms with E-state index in [4.69, 9.17) is 4.74 Å². The second kappa shape index (κ2) is 7.22. The van der Waals surface area contributed by atoms with E-state index in [1.165, 1.54) is 24.3 Å². The molecule has 8 heteroatoms.